The van der Waals surface area contributed by atoms with Crippen LogP contribution >= 0.6 is 0 Å². The fourth-order valence-electron chi connectivity index (χ4n) is 0.808. The van der Waals surface area contributed by atoms with E-state index in [0.717, 1.165) is 6.42 Å². The average Bonchev–Trinajstić information content (AvgIpc) is 2.05. The highest BCUT2D eigenvalue weighted by Crippen LogP contribution is 2.01. The third kappa shape index (κ3) is 1.44. The van der Waals surface area contributed by atoms with Gasteiger partial charge in [0.15, 0.2) is 0 Å². The molecule has 0 aliphatic rings. The Bertz CT molecular complexity index is 211. The van der Waals surface area contributed by atoms with Crippen LogP contribution in [-0.4, -0.2) is 6.29 Å². The summed E-state index contributed by atoms with van der Waals surface area (Å²) in [5.41, 5.74) is 1.87. The van der Waals surface area contributed by atoms with E-state index in [1.54, 1.807) is 12.1 Å². The second-order valence-electron chi connectivity index (χ2n) is 2.15. The molecule has 0 saturated heterocycles. The lowest BCUT2D eigenvalue weighted by molar-refractivity contribution is 0.563. The number of rotatable bonds is 2. The Hall–Kier alpha value is -1.11. The predicted molar refractivity (Wildman–Crippen MR) is 40.6 cm³/mol. The maximum atomic E-state index is 10.1. The molecular formula is C9H9O. The van der Waals surface area contributed by atoms with Gasteiger partial charge in [0, 0.05) is 5.56 Å². The molecule has 0 aliphatic carbocycles. The van der Waals surface area contributed by atoms with Gasteiger partial charge in [0.25, 0.3) is 0 Å². The van der Waals surface area contributed by atoms with Crippen LogP contribution in [0.4, 0.5) is 0 Å². The first kappa shape index (κ1) is 7.00. The van der Waals surface area contributed by atoms with E-state index in [0.29, 0.717) is 5.56 Å². The van der Waals surface area contributed by atoms with Gasteiger partial charge in [-0.1, -0.05) is 31.2 Å². The zero-order chi connectivity index (χ0) is 7.40. The standard InChI is InChI=1S/C9H9O/c1-2-8-3-5-9(7-10)6-4-8/h3-6H,2H2,1H3. The maximum Gasteiger partial charge on any atom is 0.233 e. The van der Waals surface area contributed by atoms with Crippen molar-refractivity contribution in [1.82, 2.24) is 0 Å². The number of benzene rings is 1. The topological polar surface area (TPSA) is 17.1 Å². The van der Waals surface area contributed by atoms with E-state index in [1.807, 2.05) is 18.4 Å². The Morgan fingerprint density at radius 3 is 2.30 bits per heavy atom. The normalized spacial score (nSPS) is 9.30. The first-order valence-corrected chi connectivity index (χ1v) is 3.34. The first-order chi connectivity index (χ1) is 4.86. The van der Waals surface area contributed by atoms with Crippen LogP contribution in [0.15, 0.2) is 24.3 Å². The van der Waals surface area contributed by atoms with E-state index in [4.69, 9.17) is 0 Å². The van der Waals surface area contributed by atoms with Gasteiger partial charge in [0.05, 0.1) is 0 Å². The van der Waals surface area contributed by atoms with E-state index >= 15 is 0 Å². The highest BCUT2D eigenvalue weighted by atomic mass is 16.1. The van der Waals surface area contributed by atoms with Crippen LogP contribution in [-0.2, 0) is 11.2 Å². The fraction of sp³-hybridized carbons (Fsp3) is 0.222. The van der Waals surface area contributed by atoms with E-state index in [9.17, 15) is 4.79 Å². The van der Waals surface area contributed by atoms with Gasteiger partial charge in [-0.05, 0) is 12.0 Å². The second kappa shape index (κ2) is 3.16. The Morgan fingerprint density at radius 2 is 1.90 bits per heavy atom. The third-order valence-electron chi connectivity index (χ3n) is 1.48. The van der Waals surface area contributed by atoms with Gasteiger partial charge in [-0.15, -0.1) is 0 Å². The molecule has 1 radical (unpaired) electrons. The van der Waals surface area contributed by atoms with Gasteiger partial charge in [-0.25, -0.2) is 0 Å². The molecule has 0 atom stereocenters. The molecular weight excluding hydrogens is 124 g/mol. The summed E-state index contributed by atoms with van der Waals surface area (Å²) >= 11 is 0. The summed E-state index contributed by atoms with van der Waals surface area (Å²) in [7, 11) is 0. The Morgan fingerprint density at radius 1 is 1.30 bits per heavy atom. The van der Waals surface area contributed by atoms with E-state index in [-0.39, 0.29) is 0 Å². The van der Waals surface area contributed by atoms with Crippen molar-refractivity contribution in [3.63, 3.8) is 0 Å². The van der Waals surface area contributed by atoms with Crippen molar-refractivity contribution in [2.24, 2.45) is 0 Å². The van der Waals surface area contributed by atoms with Gasteiger partial charge in [-0.3, -0.25) is 4.79 Å². The molecule has 1 heteroatoms. The fourth-order valence-corrected chi connectivity index (χ4v) is 0.808. The van der Waals surface area contributed by atoms with Crippen LogP contribution in [0.3, 0.4) is 0 Å². The van der Waals surface area contributed by atoms with E-state index in [1.165, 1.54) is 5.56 Å². The summed E-state index contributed by atoms with van der Waals surface area (Å²) in [6, 6.07) is 7.46. The zero-order valence-electron chi connectivity index (χ0n) is 5.92. The minimum atomic E-state index is 0.622. The SMILES string of the molecule is CCc1ccc([C]=O)cc1. The van der Waals surface area contributed by atoms with Gasteiger partial charge in [0.1, 0.15) is 0 Å². The molecule has 10 heavy (non-hydrogen) atoms. The third-order valence-corrected chi connectivity index (χ3v) is 1.48. The monoisotopic (exact) mass is 133 g/mol. The smallest absolute Gasteiger partial charge is 0.233 e. The molecule has 0 aliphatic heterocycles. The summed E-state index contributed by atoms with van der Waals surface area (Å²) in [5.74, 6) is 0. The molecule has 0 amide bonds. The van der Waals surface area contributed by atoms with Crippen molar-refractivity contribution in [2.45, 2.75) is 13.3 Å². The zero-order valence-corrected chi connectivity index (χ0v) is 5.92. The van der Waals surface area contributed by atoms with Crippen LogP contribution in [0.2, 0.25) is 0 Å². The van der Waals surface area contributed by atoms with Crippen LogP contribution < -0.4 is 0 Å². The molecule has 51 valence electrons. The maximum absolute atomic E-state index is 10.1. The molecule has 0 aromatic heterocycles. The molecule has 1 rings (SSSR count). The van der Waals surface area contributed by atoms with E-state index < -0.39 is 0 Å². The summed E-state index contributed by atoms with van der Waals surface area (Å²) in [4.78, 5) is 10.1. The highest BCUT2D eigenvalue weighted by molar-refractivity contribution is 5.75. The van der Waals surface area contributed by atoms with Crippen molar-refractivity contribution in [3.05, 3.63) is 35.4 Å². The van der Waals surface area contributed by atoms with Crippen molar-refractivity contribution in [1.29, 1.82) is 0 Å². The molecule has 0 fully saturated rings. The van der Waals surface area contributed by atoms with Crippen molar-refractivity contribution < 1.29 is 4.79 Å². The number of aryl methyl sites for hydroxylation is 1. The quantitative estimate of drug-likeness (QED) is 0.600. The molecule has 0 unspecified atom stereocenters. The van der Waals surface area contributed by atoms with Gasteiger partial charge < -0.3 is 0 Å². The average molecular weight is 133 g/mol. The van der Waals surface area contributed by atoms with Crippen molar-refractivity contribution in [2.75, 3.05) is 0 Å². The first-order valence-electron chi connectivity index (χ1n) is 3.34. The summed E-state index contributed by atoms with van der Waals surface area (Å²) in [5, 5.41) is 0. The molecule has 0 N–H and O–H groups in total. The summed E-state index contributed by atoms with van der Waals surface area (Å²) in [6.45, 7) is 2.08. The second-order valence-corrected chi connectivity index (χ2v) is 2.15. The van der Waals surface area contributed by atoms with Crippen LogP contribution in [0.5, 0.6) is 0 Å². The molecule has 1 aromatic carbocycles. The Kier molecular flexibility index (Phi) is 2.21. The lowest BCUT2D eigenvalue weighted by atomic mass is 10.1. The largest absolute Gasteiger partial charge is 0.285 e. The van der Waals surface area contributed by atoms with Crippen molar-refractivity contribution >= 4 is 6.29 Å². The lowest BCUT2D eigenvalue weighted by Gasteiger charge is -1.93. The molecule has 1 aromatic rings. The lowest BCUT2D eigenvalue weighted by Crippen LogP contribution is -1.82. The van der Waals surface area contributed by atoms with Gasteiger partial charge >= 0.3 is 0 Å². The highest BCUT2D eigenvalue weighted by Gasteiger charge is 1.89. The van der Waals surface area contributed by atoms with Crippen molar-refractivity contribution in [3.8, 4) is 0 Å². The van der Waals surface area contributed by atoms with Crippen LogP contribution in [0.25, 0.3) is 0 Å². The molecule has 0 saturated carbocycles. The number of hydrogen-bond donors (Lipinski definition) is 0. The summed E-state index contributed by atoms with van der Waals surface area (Å²) in [6.07, 6.45) is 2.84. The molecule has 0 bridgehead atoms. The van der Waals surface area contributed by atoms with Gasteiger partial charge in [0.2, 0.25) is 6.29 Å². The van der Waals surface area contributed by atoms with E-state index in [2.05, 4.69) is 6.92 Å². The summed E-state index contributed by atoms with van der Waals surface area (Å²) < 4.78 is 0. The minimum absolute atomic E-state index is 0.622. The predicted octanol–water partition coefficient (Wildman–Crippen LogP) is 1.71. The van der Waals surface area contributed by atoms with Gasteiger partial charge in [-0.2, -0.15) is 0 Å². The van der Waals surface area contributed by atoms with Crippen LogP contribution in [0, 0.1) is 0 Å². The van der Waals surface area contributed by atoms with Crippen LogP contribution in [0.1, 0.15) is 18.1 Å². The molecule has 1 nitrogen and oxygen atoms in total. The Balaban J connectivity index is 2.90. The minimum Gasteiger partial charge on any atom is -0.285 e. The number of carbonyl (C=O) groups excluding carboxylic acids is 1. The molecule has 0 spiro atoms. The molecule has 0 heterocycles. The Labute approximate surface area is 60.7 Å². The number of hydrogen-bond acceptors (Lipinski definition) is 1.